The van der Waals surface area contributed by atoms with Crippen molar-refractivity contribution in [3.63, 3.8) is 0 Å². The highest BCUT2D eigenvalue weighted by molar-refractivity contribution is 6.54. The predicted octanol–water partition coefficient (Wildman–Crippen LogP) is 3.57. The standard InChI is InChI=1S/C19H34N2Si/c1-19(2,3)20-22(4)14-15-13-18(21-11-7-8-12-21)17-10-6-5-9-16(15)17/h5-6,9-10,15-18,20,22H,7-8,11-14H2,1-4H3. The number of rotatable bonds is 4. The summed E-state index contributed by atoms with van der Waals surface area (Å²) in [6.07, 6.45) is 13.9. The van der Waals surface area contributed by atoms with Gasteiger partial charge in [0.15, 0.2) is 0 Å². The topological polar surface area (TPSA) is 15.3 Å². The molecule has 1 saturated heterocycles. The summed E-state index contributed by atoms with van der Waals surface area (Å²) in [5.74, 6) is 2.48. The first-order valence-corrected chi connectivity index (χ1v) is 11.9. The molecule has 0 aromatic rings. The van der Waals surface area contributed by atoms with E-state index in [0.29, 0.717) is 0 Å². The number of nitrogens with zero attached hydrogens (tertiary/aromatic N) is 1. The van der Waals surface area contributed by atoms with Crippen molar-refractivity contribution in [3.8, 4) is 0 Å². The van der Waals surface area contributed by atoms with Crippen LogP contribution in [0.5, 0.6) is 0 Å². The molecule has 0 radical (unpaired) electrons. The van der Waals surface area contributed by atoms with E-state index in [1.165, 1.54) is 38.4 Å². The van der Waals surface area contributed by atoms with Gasteiger partial charge in [-0.25, -0.2) is 0 Å². The van der Waals surface area contributed by atoms with Crippen LogP contribution in [-0.4, -0.2) is 38.5 Å². The zero-order valence-electron chi connectivity index (χ0n) is 14.9. The molecule has 3 heteroatoms. The first-order chi connectivity index (χ1) is 10.4. The molecule has 1 aliphatic heterocycles. The van der Waals surface area contributed by atoms with Gasteiger partial charge in [0.25, 0.3) is 0 Å². The van der Waals surface area contributed by atoms with Crippen LogP contribution in [-0.2, 0) is 0 Å². The monoisotopic (exact) mass is 318 g/mol. The van der Waals surface area contributed by atoms with E-state index >= 15 is 0 Å². The van der Waals surface area contributed by atoms with Gasteiger partial charge < -0.3 is 4.98 Å². The molecule has 2 nitrogen and oxygen atoms in total. The second-order valence-corrected chi connectivity index (χ2v) is 11.3. The van der Waals surface area contributed by atoms with Crippen molar-refractivity contribution in [3.05, 3.63) is 24.3 Å². The van der Waals surface area contributed by atoms with Crippen molar-refractivity contribution in [1.29, 1.82) is 0 Å². The molecule has 2 fully saturated rings. The highest BCUT2D eigenvalue weighted by atomic mass is 28.3. The van der Waals surface area contributed by atoms with Crippen molar-refractivity contribution < 1.29 is 0 Å². The molecule has 124 valence electrons. The summed E-state index contributed by atoms with van der Waals surface area (Å²) in [5.41, 5.74) is 0.278. The third-order valence-corrected chi connectivity index (χ3v) is 8.37. The van der Waals surface area contributed by atoms with Gasteiger partial charge in [0.2, 0.25) is 0 Å². The molecule has 0 spiro atoms. The number of hydrogen-bond acceptors (Lipinski definition) is 2. The van der Waals surface area contributed by atoms with Crippen LogP contribution >= 0.6 is 0 Å². The van der Waals surface area contributed by atoms with Crippen LogP contribution in [0.25, 0.3) is 0 Å². The van der Waals surface area contributed by atoms with E-state index in [1.54, 1.807) is 0 Å². The number of fused-ring (bicyclic) bond motifs is 1. The maximum atomic E-state index is 3.91. The Morgan fingerprint density at radius 2 is 1.73 bits per heavy atom. The highest BCUT2D eigenvalue weighted by Crippen LogP contribution is 2.46. The zero-order chi connectivity index (χ0) is 15.7. The van der Waals surface area contributed by atoms with E-state index in [2.05, 4.69) is 61.5 Å². The molecule has 1 heterocycles. The van der Waals surface area contributed by atoms with E-state index in [4.69, 9.17) is 0 Å². The first-order valence-electron chi connectivity index (χ1n) is 9.31. The lowest BCUT2D eigenvalue weighted by Gasteiger charge is -2.30. The summed E-state index contributed by atoms with van der Waals surface area (Å²) >= 11 is 0. The molecule has 1 N–H and O–H groups in total. The van der Waals surface area contributed by atoms with Crippen molar-refractivity contribution >= 4 is 8.96 Å². The summed E-state index contributed by atoms with van der Waals surface area (Å²) in [6.45, 7) is 12.1. The van der Waals surface area contributed by atoms with E-state index < -0.39 is 8.96 Å². The largest absolute Gasteiger partial charge is 0.335 e. The third kappa shape index (κ3) is 3.74. The molecule has 3 rings (SSSR count). The number of allylic oxidation sites excluding steroid dienone is 3. The summed E-state index contributed by atoms with van der Waals surface area (Å²) < 4.78 is 0. The van der Waals surface area contributed by atoms with Gasteiger partial charge in [-0.2, -0.15) is 0 Å². The van der Waals surface area contributed by atoms with Crippen molar-refractivity contribution in [2.24, 2.45) is 17.8 Å². The number of nitrogens with one attached hydrogen (secondary N) is 1. The first kappa shape index (κ1) is 16.5. The van der Waals surface area contributed by atoms with E-state index in [-0.39, 0.29) is 5.54 Å². The highest BCUT2D eigenvalue weighted by Gasteiger charge is 2.44. The molecule has 2 aliphatic carbocycles. The average molecular weight is 319 g/mol. The molecule has 5 unspecified atom stereocenters. The van der Waals surface area contributed by atoms with Crippen molar-refractivity contribution in [2.75, 3.05) is 13.1 Å². The van der Waals surface area contributed by atoms with Crippen LogP contribution in [0.1, 0.15) is 40.0 Å². The molecule has 1 saturated carbocycles. The Bertz CT molecular complexity index is 431. The van der Waals surface area contributed by atoms with Gasteiger partial charge in [-0.05, 0) is 76.9 Å². The summed E-state index contributed by atoms with van der Waals surface area (Å²) in [5, 5.41) is 0. The van der Waals surface area contributed by atoms with Crippen LogP contribution in [0.15, 0.2) is 24.3 Å². The fourth-order valence-electron chi connectivity index (χ4n) is 5.09. The Morgan fingerprint density at radius 3 is 2.36 bits per heavy atom. The van der Waals surface area contributed by atoms with E-state index in [1.807, 2.05) is 0 Å². The summed E-state index contributed by atoms with van der Waals surface area (Å²) in [4.78, 5) is 6.71. The van der Waals surface area contributed by atoms with Crippen LogP contribution in [0, 0.1) is 17.8 Å². The SMILES string of the molecule is C[SiH](CC1CC(N2CCCC2)C2C=CC=CC12)NC(C)(C)C. The number of hydrogen-bond donors (Lipinski definition) is 1. The maximum Gasteiger partial charge on any atom is 0.106 e. The fourth-order valence-corrected chi connectivity index (χ4v) is 8.10. The van der Waals surface area contributed by atoms with Gasteiger partial charge >= 0.3 is 0 Å². The lowest BCUT2D eigenvalue weighted by molar-refractivity contribution is 0.210. The average Bonchev–Trinajstić information content (AvgIpc) is 3.05. The maximum absolute atomic E-state index is 3.91. The Morgan fingerprint density at radius 1 is 1.09 bits per heavy atom. The third-order valence-electron chi connectivity index (χ3n) is 5.70. The van der Waals surface area contributed by atoms with Gasteiger partial charge in [0.1, 0.15) is 8.96 Å². The lowest BCUT2D eigenvalue weighted by atomic mass is 9.86. The van der Waals surface area contributed by atoms with Crippen LogP contribution < -0.4 is 4.98 Å². The number of likely N-dealkylation sites (tertiary alicyclic amines) is 1. The quantitative estimate of drug-likeness (QED) is 0.797. The molecular weight excluding hydrogens is 284 g/mol. The Balaban J connectivity index is 1.66. The van der Waals surface area contributed by atoms with Gasteiger partial charge in [-0.15, -0.1) is 0 Å². The van der Waals surface area contributed by atoms with Crippen molar-refractivity contribution in [1.82, 2.24) is 9.88 Å². The van der Waals surface area contributed by atoms with Gasteiger partial charge in [-0.3, -0.25) is 4.90 Å². The van der Waals surface area contributed by atoms with Gasteiger partial charge in [0.05, 0.1) is 0 Å². The molecule has 0 bridgehead atoms. The zero-order valence-corrected chi connectivity index (χ0v) is 16.0. The Kier molecular flexibility index (Phi) is 4.96. The second kappa shape index (κ2) is 6.62. The minimum atomic E-state index is -0.834. The van der Waals surface area contributed by atoms with Gasteiger partial charge in [0, 0.05) is 11.6 Å². The Hall–Kier alpha value is -0.383. The molecule has 0 aromatic carbocycles. The van der Waals surface area contributed by atoms with Gasteiger partial charge in [-0.1, -0.05) is 30.9 Å². The molecule has 22 heavy (non-hydrogen) atoms. The molecule has 0 aromatic heterocycles. The normalized spacial score (nSPS) is 36.7. The molecular formula is C19H34N2Si. The predicted molar refractivity (Wildman–Crippen MR) is 98.7 cm³/mol. The summed E-state index contributed by atoms with van der Waals surface area (Å²) in [7, 11) is -0.834. The molecule has 0 amide bonds. The lowest BCUT2D eigenvalue weighted by Crippen LogP contribution is -2.46. The molecule has 3 aliphatic rings. The van der Waals surface area contributed by atoms with Crippen molar-refractivity contribution in [2.45, 2.75) is 64.2 Å². The van der Waals surface area contributed by atoms with Crippen LogP contribution in [0.4, 0.5) is 0 Å². The fraction of sp³-hybridized carbons (Fsp3) is 0.789. The van der Waals surface area contributed by atoms with Crippen LogP contribution in [0.2, 0.25) is 12.6 Å². The Labute approximate surface area is 138 Å². The van der Waals surface area contributed by atoms with Crippen LogP contribution in [0.3, 0.4) is 0 Å². The molecule has 5 atom stereocenters. The smallest absolute Gasteiger partial charge is 0.106 e. The second-order valence-electron chi connectivity index (χ2n) is 8.76. The van der Waals surface area contributed by atoms with E-state index in [0.717, 1.165) is 23.8 Å². The minimum absolute atomic E-state index is 0.278. The summed E-state index contributed by atoms with van der Waals surface area (Å²) in [6, 6.07) is 2.26. The van der Waals surface area contributed by atoms with E-state index in [9.17, 15) is 0 Å². The minimum Gasteiger partial charge on any atom is -0.335 e.